The third kappa shape index (κ3) is 4.41. The van der Waals surface area contributed by atoms with E-state index in [2.05, 4.69) is 10.3 Å². The number of urea groups is 1. The number of anilines is 1. The molecule has 4 rings (SSSR count). The van der Waals surface area contributed by atoms with Gasteiger partial charge in [-0.25, -0.2) is 14.6 Å². The summed E-state index contributed by atoms with van der Waals surface area (Å²) in [5, 5.41) is 3.35. The fourth-order valence-corrected chi connectivity index (χ4v) is 3.32. The van der Waals surface area contributed by atoms with Crippen molar-refractivity contribution in [3.05, 3.63) is 77.1 Å². The highest BCUT2D eigenvalue weighted by molar-refractivity contribution is 6.34. The molecule has 0 spiro atoms. The number of hydrogen-bond acceptors (Lipinski definition) is 5. The zero-order valence-electron chi connectivity index (χ0n) is 15.5. The van der Waals surface area contributed by atoms with Gasteiger partial charge >= 0.3 is 12.0 Å². The van der Waals surface area contributed by atoms with E-state index in [1.807, 2.05) is 35.2 Å². The summed E-state index contributed by atoms with van der Waals surface area (Å²) in [5.74, 6) is -0.308. The second-order valence-corrected chi connectivity index (χ2v) is 7.03. The van der Waals surface area contributed by atoms with Crippen molar-refractivity contribution in [3.8, 4) is 0 Å². The molecule has 0 atom stereocenters. The molecule has 2 aliphatic heterocycles. The summed E-state index contributed by atoms with van der Waals surface area (Å²) in [7, 11) is 0. The summed E-state index contributed by atoms with van der Waals surface area (Å²) in [6.45, 7) is 2.27. The highest BCUT2D eigenvalue weighted by Crippen LogP contribution is 2.22. The molecule has 2 heterocycles. The van der Waals surface area contributed by atoms with Crippen molar-refractivity contribution in [2.75, 3.05) is 31.5 Å². The molecule has 148 valence electrons. The minimum absolute atomic E-state index is 0.136. The summed E-state index contributed by atoms with van der Waals surface area (Å²) in [5.41, 5.74) is 1.56. The standard InChI is InChI=1S/C21H19ClN4O3/c22-17-9-5-4-8-16(17)19-24-18(20(27)29-19)14-25-10-12-26(13-11-25)21(28)23-15-6-2-1-3-7-15/h1-9,14H,10-13H2,(H,23,28)/b18-14+. The number of carbonyl (C=O) groups is 2. The van der Waals surface area contributed by atoms with Crippen LogP contribution in [0.3, 0.4) is 0 Å². The molecule has 2 aromatic carbocycles. The van der Waals surface area contributed by atoms with Crippen LogP contribution in [0.1, 0.15) is 5.56 Å². The van der Waals surface area contributed by atoms with E-state index in [1.54, 1.807) is 35.4 Å². The monoisotopic (exact) mass is 410 g/mol. The summed E-state index contributed by atoms with van der Waals surface area (Å²) >= 11 is 6.15. The van der Waals surface area contributed by atoms with Gasteiger partial charge in [0.05, 0.1) is 10.6 Å². The number of halogens is 1. The van der Waals surface area contributed by atoms with Crippen molar-refractivity contribution in [3.63, 3.8) is 0 Å². The van der Waals surface area contributed by atoms with E-state index in [0.717, 1.165) is 5.69 Å². The lowest BCUT2D eigenvalue weighted by Gasteiger charge is -2.34. The third-order valence-electron chi connectivity index (χ3n) is 4.66. The van der Waals surface area contributed by atoms with Gasteiger partial charge in [-0.3, -0.25) is 0 Å². The molecule has 0 radical (unpaired) electrons. The Labute approximate surface area is 173 Å². The van der Waals surface area contributed by atoms with Crippen molar-refractivity contribution >= 4 is 35.2 Å². The maximum absolute atomic E-state index is 12.4. The van der Waals surface area contributed by atoms with Gasteiger partial charge in [0.2, 0.25) is 5.90 Å². The van der Waals surface area contributed by atoms with E-state index in [4.69, 9.17) is 16.3 Å². The lowest BCUT2D eigenvalue weighted by Crippen LogP contribution is -2.48. The molecule has 1 saturated heterocycles. The van der Waals surface area contributed by atoms with E-state index < -0.39 is 5.97 Å². The van der Waals surface area contributed by atoms with Crippen LogP contribution < -0.4 is 5.32 Å². The second kappa shape index (κ2) is 8.36. The van der Waals surface area contributed by atoms with Crippen LogP contribution in [-0.4, -0.2) is 53.9 Å². The Bertz CT molecular complexity index is 982. The van der Waals surface area contributed by atoms with Gasteiger partial charge in [0.25, 0.3) is 0 Å². The number of cyclic esters (lactones) is 1. The number of amides is 2. The van der Waals surface area contributed by atoms with Crippen molar-refractivity contribution in [1.82, 2.24) is 9.80 Å². The number of esters is 1. The van der Waals surface area contributed by atoms with Gasteiger partial charge in [-0.1, -0.05) is 41.9 Å². The summed E-state index contributed by atoms with van der Waals surface area (Å²) in [4.78, 5) is 32.5. The summed E-state index contributed by atoms with van der Waals surface area (Å²) in [6.07, 6.45) is 1.68. The van der Waals surface area contributed by atoms with Crippen LogP contribution in [0, 0.1) is 0 Å². The number of benzene rings is 2. The number of carbonyl (C=O) groups excluding carboxylic acids is 2. The van der Waals surface area contributed by atoms with Gasteiger partial charge in [0.1, 0.15) is 0 Å². The lowest BCUT2D eigenvalue weighted by atomic mass is 10.2. The zero-order chi connectivity index (χ0) is 20.2. The molecule has 1 fully saturated rings. The number of aliphatic imine (C=N–C) groups is 1. The Morgan fingerprint density at radius 1 is 1.03 bits per heavy atom. The average Bonchev–Trinajstić information content (AvgIpc) is 3.09. The smallest absolute Gasteiger partial charge is 0.365 e. The molecule has 0 aliphatic carbocycles. The maximum Gasteiger partial charge on any atom is 0.365 e. The molecule has 0 saturated carbocycles. The van der Waals surface area contributed by atoms with E-state index in [9.17, 15) is 9.59 Å². The molecule has 0 aromatic heterocycles. The maximum atomic E-state index is 12.4. The normalized spacial score (nSPS) is 17.9. The molecule has 8 heteroatoms. The fourth-order valence-electron chi connectivity index (χ4n) is 3.10. The average molecular weight is 411 g/mol. The molecule has 0 unspecified atom stereocenters. The first-order valence-corrected chi connectivity index (χ1v) is 9.60. The third-order valence-corrected chi connectivity index (χ3v) is 4.99. The van der Waals surface area contributed by atoms with Gasteiger partial charge in [0.15, 0.2) is 5.70 Å². The molecule has 29 heavy (non-hydrogen) atoms. The first-order valence-electron chi connectivity index (χ1n) is 9.23. The number of rotatable bonds is 3. The lowest BCUT2D eigenvalue weighted by molar-refractivity contribution is -0.130. The van der Waals surface area contributed by atoms with Gasteiger partial charge in [-0.15, -0.1) is 0 Å². The van der Waals surface area contributed by atoms with Crippen LogP contribution in [0.15, 0.2) is 71.5 Å². The van der Waals surface area contributed by atoms with Crippen LogP contribution in [0.5, 0.6) is 0 Å². The van der Waals surface area contributed by atoms with Crippen LogP contribution in [0.25, 0.3) is 0 Å². The van der Waals surface area contributed by atoms with E-state index >= 15 is 0 Å². The summed E-state index contributed by atoms with van der Waals surface area (Å²) in [6, 6.07) is 16.3. The first-order chi connectivity index (χ1) is 14.1. The molecular formula is C21H19ClN4O3. The van der Waals surface area contributed by atoms with E-state index in [-0.39, 0.29) is 17.6 Å². The van der Waals surface area contributed by atoms with Gasteiger partial charge in [0, 0.05) is 38.1 Å². The number of hydrogen-bond donors (Lipinski definition) is 1. The Hall–Kier alpha value is -3.32. The Morgan fingerprint density at radius 2 is 1.72 bits per heavy atom. The topological polar surface area (TPSA) is 74.2 Å². The van der Waals surface area contributed by atoms with Gasteiger partial charge in [-0.05, 0) is 24.3 Å². The highest BCUT2D eigenvalue weighted by atomic mass is 35.5. The number of ether oxygens (including phenoxy) is 1. The molecule has 7 nitrogen and oxygen atoms in total. The molecule has 2 amide bonds. The molecule has 2 aliphatic rings. The molecule has 2 aromatic rings. The number of para-hydroxylation sites is 1. The second-order valence-electron chi connectivity index (χ2n) is 6.62. The minimum Gasteiger partial charge on any atom is -0.402 e. The van der Waals surface area contributed by atoms with Gasteiger partial charge in [-0.2, -0.15) is 0 Å². The predicted molar refractivity (Wildman–Crippen MR) is 111 cm³/mol. The number of piperazine rings is 1. The molecule has 0 bridgehead atoms. The van der Waals surface area contributed by atoms with Gasteiger partial charge < -0.3 is 19.9 Å². The fraction of sp³-hybridized carbons (Fsp3) is 0.190. The van der Waals surface area contributed by atoms with Crippen molar-refractivity contribution in [2.24, 2.45) is 4.99 Å². The Morgan fingerprint density at radius 3 is 2.45 bits per heavy atom. The van der Waals surface area contributed by atoms with Crippen molar-refractivity contribution in [2.45, 2.75) is 0 Å². The number of nitrogens with one attached hydrogen (secondary N) is 1. The van der Waals surface area contributed by atoms with Crippen LogP contribution in [0.2, 0.25) is 5.02 Å². The SMILES string of the molecule is O=C1OC(c2ccccc2Cl)=N/C1=C/N1CCN(C(=O)Nc2ccccc2)CC1. The largest absolute Gasteiger partial charge is 0.402 e. The first kappa shape index (κ1) is 19.0. The van der Waals surface area contributed by atoms with E-state index in [0.29, 0.717) is 36.8 Å². The zero-order valence-corrected chi connectivity index (χ0v) is 16.3. The number of nitrogens with zero attached hydrogens (tertiary/aromatic N) is 3. The minimum atomic E-state index is -0.510. The van der Waals surface area contributed by atoms with Crippen LogP contribution in [0.4, 0.5) is 10.5 Å². The summed E-state index contributed by atoms with van der Waals surface area (Å²) < 4.78 is 5.27. The molecular weight excluding hydrogens is 392 g/mol. The van der Waals surface area contributed by atoms with Crippen LogP contribution >= 0.6 is 11.6 Å². The quantitative estimate of drug-likeness (QED) is 0.622. The van der Waals surface area contributed by atoms with E-state index in [1.165, 1.54) is 0 Å². The highest BCUT2D eigenvalue weighted by Gasteiger charge is 2.27. The molecule has 1 N–H and O–H groups in total. The Kier molecular flexibility index (Phi) is 5.48. The van der Waals surface area contributed by atoms with Crippen molar-refractivity contribution in [1.29, 1.82) is 0 Å². The Balaban J connectivity index is 1.37. The predicted octanol–water partition coefficient (Wildman–Crippen LogP) is 3.33. The van der Waals surface area contributed by atoms with Crippen molar-refractivity contribution < 1.29 is 14.3 Å². The van der Waals surface area contributed by atoms with Crippen LogP contribution in [-0.2, 0) is 9.53 Å².